The molecule has 1 fully saturated rings. The lowest BCUT2D eigenvalue weighted by Crippen LogP contribution is -2.49. The molecule has 2 heterocycles. The predicted molar refractivity (Wildman–Crippen MR) is 106 cm³/mol. The highest BCUT2D eigenvalue weighted by Gasteiger charge is 2.20. The zero-order valence-corrected chi connectivity index (χ0v) is 16.4. The van der Waals surface area contributed by atoms with E-state index in [4.69, 9.17) is 4.99 Å². The summed E-state index contributed by atoms with van der Waals surface area (Å²) in [4.78, 5) is 11.7. The molecule has 25 heavy (non-hydrogen) atoms. The Balaban J connectivity index is 1.78. The van der Waals surface area contributed by atoms with E-state index in [1.165, 1.54) is 38.0 Å². The van der Waals surface area contributed by atoms with Crippen LogP contribution in [0, 0.1) is 12.8 Å². The lowest BCUT2D eigenvalue weighted by Gasteiger charge is -2.34. The minimum Gasteiger partial charge on any atom is -0.357 e. The van der Waals surface area contributed by atoms with Crippen molar-refractivity contribution < 1.29 is 0 Å². The van der Waals surface area contributed by atoms with Gasteiger partial charge in [0.05, 0.1) is 0 Å². The van der Waals surface area contributed by atoms with Gasteiger partial charge >= 0.3 is 0 Å². The van der Waals surface area contributed by atoms with Gasteiger partial charge < -0.3 is 15.5 Å². The van der Waals surface area contributed by atoms with Crippen molar-refractivity contribution in [2.45, 2.75) is 53.0 Å². The molecule has 1 aromatic rings. The molecule has 2 rings (SSSR count). The molecule has 2 N–H and O–H groups in total. The zero-order valence-electron chi connectivity index (χ0n) is 16.4. The fourth-order valence-electron chi connectivity index (χ4n) is 3.23. The van der Waals surface area contributed by atoms with Crippen LogP contribution in [0.15, 0.2) is 23.3 Å². The summed E-state index contributed by atoms with van der Waals surface area (Å²) in [6.07, 6.45) is 5.27. The van der Waals surface area contributed by atoms with Crippen molar-refractivity contribution in [3.05, 3.63) is 29.6 Å². The molecule has 140 valence electrons. The van der Waals surface area contributed by atoms with Crippen molar-refractivity contribution >= 4 is 5.96 Å². The fourth-order valence-corrected chi connectivity index (χ4v) is 3.23. The topological polar surface area (TPSA) is 52.6 Å². The molecule has 0 unspecified atom stereocenters. The van der Waals surface area contributed by atoms with Crippen LogP contribution >= 0.6 is 0 Å². The monoisotopic (exact) mass is 345 g/mol. The van der Waals surface area contributed by atoms with Crippen molar-refractivity contribution in [2.75, 3.05) is 32.7 Å². The summed E-state index contributed by atoms with van der Waals surface area (Å²) in [5.41, 5.74) is 2.30. The first-order chi connectivity index (χ1) is 12.1. The Bertz CT molecular complexity index is 515. The van der Waals surface area contributed by atoms with Crippen molar-refractivity contribution in [1.82, 2.24) is 20.5 Å². The normalized spacial score (nSPS) is 17.1. The molecule has 0 aliphatic carbocycles. The third-order valence-electron chi connectivity index (χ3n) is 4.54. The number of nitrogens with zero attached hydrogens (tertiary/aromatic N) is 3. The predicted octanol–water partition coefficient (Wildman–Crippen LogP) is 2.61. The van der Waals surface area contributed by atoms with Crippen LogP contribution in [-0.4, -0.2) is 54.6 Å². The molecular weight excluding hydrogens is 310 g/mol. The minimum atomic E-state index is 0.530. The van der Waals surface area contributed by atoms with Gasteiger partial charge in [0.15, 0.2) is 5.96 Å². The number of aryl methyl sites for hydroxylation is 1. The van der Waals surface area contributed by atoms with Gasteiger partial charge in [-0.2, -0.15) is 0 Å². The summed E-state index contributed by atoms with van der Waals surface area (Å²) in [5, 5.41) is 7.00. The number of hydrogen-bond acceptors (Lipinski definition) is 3. The van der Waals surface area contributed by atoms with E-state index in [0.29, 0.717) is 6.04 Å². The lowest BCUT2D eigenvalue weighted by atomic mass is 10.0. The molecule has 0 radical (unpaired) electrons. The van der Waals surface area contributed by atoms with E-state index in [1.54, 1.807) is 0 Å². The SMILES string of the molecule is CCNC(=NCCc1ccc(C)nc1)NC1CCN(CC(C)C)CC1. The molecule has 0 spiro atoms. The van der Waals surface area contributed by atoms with E-state index >= 15 is 0 Å². The van der Waals surface area contributed by atoms with E-state index in [9.17, 15) is 0 Å². The molecule has 1 aromatic heterocycles. The number of aromatic nitrogens is 1. The average Bonchev–Trinajstić information content (AvgIpc) is 2.58. The molecule has 0 aromatic carbocycles. The van der Waals surface area contributed by atoms with E-state index in [2.05, 4.69) is 53.4 Å². The van der Waals surface area contributed by atoms with Gasteiger partial charge in [0.2, 0.25) is 0 Å². The molecule has 1 aliphatic heterocycles. The molecule has 0 atom stereocenters. The smallest absolute Gasteiger partial charge is 0.191 e. The van der Waals surface area contributed by atoms with Gasteiger partial charge in [0.25, 0.3) is 0 Å². The van der Waals surface area contributed by atoms with Crippen molar-refractivity contribution in [3.63, 3.8) is 0 Å². The summed E-state index contributed by atoms with van der Waals surface area (Å²) in [7, 11) is 0. The van der Waals surface area contributed by atoms with Crippen LogP contribution in [-0.2, 0) is 6.42 Å². The number of guanidine groups is 1. The lowest BCUT2D eigenvalue weighted by molar-refractivity contribution is 0.187. The van der Waals surface area contributed by atoms with Gasteiger partial charge in [0.1, 0.15) is 0 Å². The fraction of sp³-hybridized carbons (Fsp3) is 0.700. The van der Waals surface area contributed by atoms with Crippen molar-refractivity contribution in [1.29, 1.82) is 0 Å². The van der Waals surface area contributed by atoms with Crippen LogP contribution in [0.3, 0.4) is 0 Å². The van der Waals surface area contributed by atoms with Gasteiger partial charge in [-0.15, -0.1) is 0 Å². The molecule has 5 heteroatoms. The second kappa shape index (κ2) is 10.4. The van der Waals surface area contributed by atoms with Gasteiger partial charge in [-0.3, -0.25) is 9.98 Å². The molecular formula is C20H35N5. The highest BCUT2D eigenvalue weighted by molar-refractivity contribution is 5.80. The summed E-state index contributed by atoms with van der Waals surface area (Å²) in [5.74, 6) is 1.70. The van der Waals surface area contributed by atoms with E-state index < -0.39 is 0 Å². The first-order valence-electron chi connectivity index (χ1n) is 9.75. The molecule has 1 saturated heterocycles. The maximum atomic E-state index is 4.75. The van der Waals surface area contributed by atoms with Gasteiger partial charge in [-0.1, -0.05) is 19.9 Å². The average molecular weight is 346 g/mol. The van der Waals surface area contributed by atoms with Crippen LogP contribution in [0.25, 0.3) is 0 Å². The Kier molecular flexibility index (Phi) is 8.19. The number of piperidine rings is 1. The van der Waals surface area contributed by atoms with Crippen LogP contribution in [0.1, 0.15) is 44.9 Å². The van der Waals surface area contributed by atoms with Gasteiger partial charge in [0, 0.05) is 50.7 Å². The van der Waals surface area contributed by atoms with E-state index in [1.807, 2.05) is 13.1 Å². The van der Waals surface area contributed by atoms with Crippen molar-refractivity contribution in [3.8, 4) is 0 Å². The largest absolute Gasteiger partial charge is 0.357 e. The summed E-state index contributed by atoms with van der Waals surface area (Å²) < 4.78 is 0. The third kappa shape index (κ3) is 7.43. The number of likely N-dealkylation sites (tertiary alicyclic amines) is 1. The van der Waals surface area contributed by atoms with Crippen LogP contribution in [0.5, 0.6) is 0 Å². The summed E-state index contributed by atoms with van der Waals surface area (Å²) >= 11 is 0. The Labute approximate surface area is 153 Å². The van der Waals surface area contributed by atoms with E-state index in [-0.39, 0.29) is 0 Å². The number of aliphatic imine (C=N–C) groups is 1. The Morgan fingerprint density at radius 1 is 1.32 bits per heavy atom. The quantitative estimate of drug-likeness (QED) is 0.589. The number of rotatable bonds is 7. The number of nitrogens with one attached hydrogen (secondary N) is 2. The van der Waals surface area contributed by atoms with E-state index in [0.717, 1.165) is 37.1 Å². The molecule has 0 bridgehead atoms. The van der Waals surface area contributed by atoms with Gasteiger partial charge in [-0.05, 0) is 50.7 Å². The van der Waals surface area contributed by atoms with Gasteiger partial charge in [-0.25, -0.2) is 0 Å². The first-order valence-corrected chi connectivity index (χ1v) is 9.75. The highest BCUT2D eigenvalue weighted by Crippen LogP contribution is 2.12. The minimum absolute atomic E-state index is 0.530. The Hall–Kier alpha value is -1.62. The summed E-state index contributed by atoms with van der Waals surface area (Å²) in [6.45, 7) is 14.0. The maximum absolute atomic E-state index is 4.75. The van der Waals surface area contributed by atoms with Crippen LogP contribution in [0.2, 0.25) is 0 Å². The maximum Gasteiger partial charge on any atom is 0.191 e. The summed E-state index contributed by atoms with van der Waals surface area (Å²) in [6, 6.07) is 4.73. The number of hydrogen-bond donors (Lipinski definition) is 2. The third-order valence-corrected chi connectivity index (χ3v) is 4.54. The molecule has 1 aliphatic rings. The van der Waals surface area contributed by atoms with Crippen molar-refractivity contribution in [2.24, 2.45) is 10.9 Å². The first kappa shape index (κ1) is 19.7. The standard InChI is InChI=1S/C20H35N5/c1-5-21-20(22-11-8-18-7-6-17(4)23-14-18)24-19-9-12-25(13-10-19)15-16(2)3/h6-7,14,16,19H,5,8-13,15H2,1-4H3,(H2,21,22,24). The highest BCUT2D eigenvalue weighted by atomic mass is 15.2. The number of pyridine rings is 1. The molecule has 0 saturated carbocycles. The zero-order chi connectivity index (χ0) is 18.1. The Morgan fingerprint density at radius 2 is 2.08 bits per heavy atom. The molecule has 0 amide bonds. The second-order valence-corrected chi connectivity index (χ2v) is 7.43. The van der Waals surface area contributed by atoms with Crippen LogP contribution in [0.4, 0.5) is 0 Å². The van der Waals surface area contributed by atoms with Crippen LogP contribution < -0.4 is 10.6 Å². The Morgan fingerprint density at radius 3 is 2.68 bits per heavy atom. The second-order valence-electron chi connectivity index (χ2n) is 7.43. The molecule has 5 nitrogen and oxygen atoms in total.